The van der Waals surface area contributed by atoms with E-state index in [1.165, 1.54) is 0 Å². The van der Waals surface area contributed by atoms with Crippen LogP contribution in [0.5, 0.6) is 0 Å². The highest BCUT2D eigenvalue weighted by Crippen LogP contribution is 2.41. The fourth-order valence-electron chi connectivity index (χ4n) is 2.99. The van der Waals surface area contributed by atoms with Crippen LogP contribution in [0.3, 0.4) is 0 Å². The second kappa shape index (κ2) is 6.28. The minimum Gasteiger partial charge on any atom is -0.337 e. The highest BCUT2D eigenvalue weighted by molar-refractivity contribution is 5.83. The molecule has 0 aromatic rings. The molecule has 0 aromatic carbocycles. The van der Waals surface area contributed by atoms with Crippen LogP contribution in [0, 0.1) is 16.7 Å². The fraction of sp³-hybridized carbons (Fsp3) is 0.941. The maximum Gasteiger partial charge on any atom is 0.229 e. The molecule has 0 aliphatic carbocycles. The number of amides is 1. The van der Waals surface area contributed by atoms with Gasteiger partial charge in [-0.15, -0.1) is 0 Å². The van der Waals surface area contributed by atoms with Crippen molar-refractivity contribution >= 4 is 5.91 Å². The lowest BCUT2D eigenvalue weighted by atomic mass is 9.67. The van der Waals surface area contributed by atoms with Gasteiger partial charge in [0.25, 0.3) is 0 Å². The Labute approximate surface area is 120 Å². The molecule has 0 spiro atoms. The zero-order valence-electron chi connectivity index (χ0n) is 14.8. The molecule has 0 saturated heterocycles. The molecule has 0 N–H and O–H groups in total. The maximum absolute atomic E-state index is 13.1. The minimum absolute atomic E-state index is 0.161. The molecule has 0 aliphatic rings. The van der Waals surface area contributed by atoms with Gasteiger partial charge in [0.15, 0.2) is 0 Å². The third-order valence-electron chi connectivity index (χ3n) is 4.01. The first-order valence-corrected chi connectivity index (χ1v) is 7.65. The fourth-order valence-corrected chi connectivity index (χ4v) is 2.99. The Bertz CT molecular complexity index is 291. The molecular weight excluding hydrogens is 234 g/mol. The summed E-state index contributed by atoms with van der Waals surface area (Å²) in [4.78, 5) is 15.1. The number of carbonyl (C=O) groups is 1. The van der Waals surface area contributed by atoms with Crippen LogP contribution in [0.15, 0.2) is 0 Å². The summed E-state index contributed by atoms with van der Waals surface area (Å²) >= 11 is 0. The van der Waals surface area contributed by atoms with Crippen molar-refractivity contribution in [1.29, 1.82) is 0 Å². The van der Waals surface area contributed by atoms with Gasteiger partial charge in [-0.25, -0.2) is 0 Å². The highest BCUT2D eigenvalue weighted by Gasteiger charge is 2.43. The average Bonchev–Trinajstić information content (AvgIpc) is 2.12. The molecule has 114 valence electrons. The van der Waals surface area contributed by atoms with E-state index in [9.17, 15) is 4.79 Å². The Hall–Kier alpha value is -0.530. The highest BCUT2D eigenvalue weighted by atomic mass is 16.2. The maximum atomic E-state index is 13.1. The summed E-state index contributed by atoms with van der Waals surface area (Å²) in [6.07, 6.45) is 0.923. The van der Waals surface area contributed by atoms with Gasteiger partial charge in [0.05, 0.1) is 0 Å². The van der Waals surface area contributed by atoms with Crippen LogP contribution in [0.4, 0.5) is 0 Å². The van der Waals surface area contributed by atoms with Gasteiger partial charge in [0, 0.05) is 17.5 Å². The summed E-state index contributed by atoms with van der Waals surface area (Å²) in [6, 6.07) is 0.510. The van der Waals surface area contributed by atoms with Crippen LogP contribution in [-0.2, 0) is 4.79 Å². The summed E-state index contributed by atoms with van der Waals surface area (Å²) in [5, 5.41) is 0. The van der Waals surface area contributed by atoms with E-state index in [0.29, 0.717) is 11.8 Å². The molecule has 0 fully saturated rings. The number of hydrogen-bond acceptors (Lipinski definition) is 1. The average molecular weight is 269 g/mol. The molecule has 2 nitrogen and oxygen atoms in total. The van der Waals surface area contributed by atoms with Crippen molar-refractivity contribution in [2.24, 2.45) is 16.7 Å². The molecule has 0 radical (unpaired) electrons. The summed E-state index contributed by atoms with van der Waals surface area (Å²) in [5.74, 6) is 0.654. The molecule has 1 amide bonds. The Morgan fingerprint density at radius 1 is 0.895 bits per heavy atom. The number of nitrogens with zero attached hydrogens (tertiary/aromatic N) is 1. The lowest BCUT2D eigenvalue weighted by Crippen LogP contribution is -2.52. The van der Waals surface area contributed by atoms with E-state index in [2.05, 4.69) is 69.2 Å². The first-order chi connectivity index (χ1) is 8.33. The summed E-state index contributed by atoms with van der Waals surface area (Å²) < 4.78 is 0. The Morgan fingerprint density at radius 3 is 1.47 bits per heavy atom. The van der Waals surface area contributed by atoms with Gasteiger partial charge in [-0.2, -0.15) is 0 Å². The zero-order chi connectivity index (χ0) is 15.6. The molecule has 0 rings (SSSR count). The standard InChI is InChI=1S/C17H35NO/c1-12(2)17(10,11-16(7,8)9)15(19)18(13(3)4)14(5)6/h12-14H,11H2,1-10H3. The van der Waals surface area contributed by atoms with Gasteiger partial charge in [0.2, 0.25) is 5.91 Å². The van der Waals surface area contributed by atoms with E-state index in [4.69, 9.17) is 0 Å². The van der Waals surface area contributed by atoms with Crippen LogP contribution >= 0.6 is 0 Å². The van der Waals surface area contributed by atoms with E-state index < -0.39 is 0 Å². The van der Waals surface area contributed by atoms with E-state index in [1.54, 1.807) is 0 Å². The van der Waals surface area contributed by atoms with Crippen molar-refractivity contribution < 1.29 is 4.79 Å². The van der Waals surface area contributed by atoms with E-state index in [-0.39, 0.29) is 22.9 Å². The SMILES string of the molecule is CC(C)N(C(=O)C(C)(CC(C)(C)C)C(C)C)C(C)C. The molecule has 0 aromatic heterocycles. The monoisotopic (exact) mass is 269 g/mol. The quantitative estimate of drug-likeness (QED) is 0.706. The molecule has 19 heavy (non-hydrogen) atoms. The largest absolute Gasteiger partial charge is 0.337 e. The van der Waals surface area contributed by atoms with Gasteiger partial charge < -0.3 is 4.90 Å². The summed E-state index contributed by atoms with van der Waals surface area (Å²) in [5.41, 5.74) is -0.124. The zero-order valence-corrected chi connectivity index (χ0v) is 14.8. The lowest BCUT2D eigenvalue weighted by Gasteiger charge is -2.44. The number of carbonyl (C=O) groups excluding carboxylic acids is 1. The molecule has 0 aliphatic heterocycles. The first-order valence-electron chi connectivity index (χ1n) is 7.65. The molecule has 0 saturated carbocycles. The molecule has 1 atom stereocenters. The van der Waals surface area contributed by atoms with Gasteiger partial charge >= 0.3 is 0 Å². The first kappa shape index (κ1) is 18.5. The summed E-state index contributed by atoms with van der Waals surface area (Å²) in [7, 11) is 0. The predicted molar refractivity (Wildman–Crippen MR) is 84.1 cm³/mol. The van der Waals surface area contributed by atoms with Crippen LogP contribution < -0.4 is 0 Å². The van der Waals surface area contributed by atoms with E-state index in [1.807, 2.05) is 4.90 Å². The molecule has 1 unspecified atom stereocenters. The van der Waals surface area contributed by atoms with Crippen molar-refractivity contribution in [1.82, 2.24) is 4.90 Å². The van der Waals surface area contributed by atoms with Gasteiger partial charge in [-0.1, -0.05) is 41.5 Å². The molecule has 0 heterocycles. The number of hydrogen-bond donors (Lipinski definition) is 0. The third-order valence-corrected chi connectivity index (χ3v) is 4.01. The molecule has 2 heteroatoms. The minimum atomic E-state index is -0.285. The normalized spacial score (nSPS) is 16.1. The molecular formula is C17H35NO. The van der Waals surface area contributed by atoms with Crippen molar-refractivity contribution in [3.8, 4) is 0 Å². The lowest BCUT2D eigenvalue weighted by molar-refractivity contribution is -0.150. The Balaban J connectivity index is 5.45. The van der Waals surface area contributed by atoms with Crippen molar-refractivity contribution in [2.75, 3.05) is 0 Å². The van der Waals surface area contributed by atoms with Crippen molar-refractivity contribution in [3.63, 3.8) is 0 Å². The molecule has 0 bridgehead atoms. The summed E-state index contributed by atoms with van der Waals surface area (Å²) in [6.45, 7) is 21.6. The van der Waals surface area contributed by atoms with Crippen LogP contribution in [0.2, 0.25) is 0 Å². The van der Waals surface area contributed by atoms with Crippen LogP contribution in [-0.4, -0.2) is 22.9 Å². The second-order valence-electron chi connectivity index (χ2n) is 8.21. The van der Waals surface area contributed by atoms with Crippen LogP contribution in [0.1, 0.15) is 75.7 Å². The third kappa shape index (κ3) is 4.81. The van der Waals surface area contributed by atoms with Crippen molar-refractivity contribution in [2.45, 2.75) is 87.7 Å². The smallest absolute Gasteiger partial charge is 0.229 e. The predicted octanol–water partition coefficient (Wildman–Crippen LogP) is 4.73. The Morgan fingerprint density at radius 2 is 1.26 bits per heavy atom. The van der Waals surface area contributed by atoms with Crippen LogP contribution in [0.25, 0.3) is 0 Å². The topological polar surface area (TPSA) is 20.3 Å². The van der Waals surface area contributed by atoms with E-state index >= 15 is 0 Å². The van der Waals surface area contributed by atoms with Gasteiger partial charge in [-0.3, -0.25) is 4.79 Å². The number of rotatable bonds is 5. The van der Waals surface area contributed by atoms with Gasteiger partial charge in [-0.05, 0) is 45.4 Å². The van der Waals surface area contributed by atoms with Crippen molar-refractivity contribution in [3.05, 3.63) is 0 Å². The second-order valence-corrected chi connectivity index (χ2v) is 8.21. The van der Waals surface area contributed by atoms with Gasteiger partial charge in [0.1, 0.15) is 0 Å². The Kier molecular flexibility index (Phi) is 6.10. The van der Waals surface area contributed by atoms with E-state index in [0.717, 1.165) is 6.42 Å².